The minimum absolute atomic E-state index is 0.0416. The number of halogens is 3. The van der Waals surface area contributed by atoms with Gasteiger partial charge < -0.3 is 15.2 Å². The van der Waals surface area contributed by atoms with Gasteiger partial charge in [0.15, 0.2) is 0 Å². The Hall–Kier alpha value is -1.61. The van der Waals surface area contributed by atoms with Gasteiger partial charge in [-0.2, -0.15) is 13.2 Å². The molecule has 0 radical (unpaired) electrons. The molecule has 1 aromatic heterocycles. The number of anilines is 1. The van der Waals surface area contributed by atoms with Crippen molar-refractivity contribution in [2.24, 2.45) is 0 Å². The summed E-state index contributed by atoms with van der Waals surface area (Å²) in [6.07, 6.45) is -5.10. The third kappa shape index (κ3) is 2.93. The lowest BCUT2D eigenvalue weighted by atomic mass is 10.1. The Balaban J connectivity index is 2.99. The number of amides is 1. The van der Waals surface area contributed by atoms with Crippen LogP contribution in [0.3, 0.4) is 0 Å². The van der Waals surface area contributed by atoms with Crippen LogP contribution in [-0.2, 0) is 9.53 Å². The van der Waals surface area contributed by atoms with E-state index in [1.807, 2.05) is 5.32 Å². The maximum atomic E-state index is 12.5. The van der Waals surface area contributed by atoms with Gasteiger partial charge in [-0.15, -0.1) is 11.3 Å². The highest BCUT2D eigenvalue weighted by atomic mass is 32.1. The number of ether oxygens (including phenoxy) is 1. The van der Waals surface area contributed by atoms with E-state index in [4.69, 9.17) is 0 Å². The fraction of sp³-hybridized carbons (Fsp3) is 0.455. The molecule has 0 aliphatic heterocycles. The second kappa shape index (κ2) is 5.41. The van der Waals surface area contributed by atoms with E-state index in [0.29, 0.717) is 6.92 Å². The highest BCUT2D eigenvalue weighted by Gasteiger charge is 2.55. The topological polar surface area (TPSA) is 75.6 Å². The summed E-state index contributed by atoms with van der Waals surface area (Å²) in [5.41, 5.74) is -3.11. The van der Waals surface area contributed by atoms with E-state index >= 15 is 0 Å². The Labute approximate surface area is 116 Å². The lowest BCUT2D eigenvalue weighted by Crippen LogP contribution is -2.52. The van der Waals surface area contributed by atoms with Gasteiger partial charge in [0.25, 0.3) is 5.91 Å². The number of aliphatic hydroxyl groups is 1. The first-order valence-electron chi connectivity index (χ1n) is 5.29. The van der Waals surface area contributed by atoms with Gasteiger partial charge >= 0.3 is 12.1 Å². The van der Waals surface area contributed by atoms with Gasteiger partial charge in [-0.05, 0) is 19.4 Å². The predicted octanol–water partition coefficient (Wildman–Crippen LogP) is 2.09. The van der Waals surface area contributed by atoms with Gasteiger partial charge in [-0.25, -0.2) is 4.79 Å². The number of nitrogens with one attached hydrogen (secondary N) is 1. The third-order valence-corrected chi connectivity index (χ3v) is 3.66. The van der Waals surface area contributed by atoms with Crippen molar-refractivity contribution in [2.75, 3.05) is 12.4 Å². The molecule has 5 nitrogen and oxygen atoms in total. The van der Waals surface area contributed by atoms with Crippen molar-refractivity contribution in [1.29, 1.82) is 0 Å². The molecule has 0 saturated carbocycles. The zero-order valence-electron chi connectivity index (χ0n) is 10.8. The molecular formula is C11H12F3NO4S. The van der Waals surface area contributed by atoms with Gasteiger partial charge in [0.05, 0.1) is 17.7 Å². The van der Waals surface area contributed by atoms with Crippen LogP contribution in [0.15, 0.2) is 5.38 Å². The first kappa shape index (κ1) is 16.4. The van der Waals surface area contributed by atoms with E-state index in [1.54, 1.807) is 0 Å². The Kier molecular flexibility index (Phi) is 4.45. The summed E-state index contributed by atoms with van der Waals surface area (Å²) >= 11 is 0.864. The molecule has 20 heavy (non-hydrogen) atoms. The van der Waals surface area contributed by atoms with Crippen molar-refractivity contribution < 1.29 is 32.6 Å². The molecule has 112 valence electrons. The van der Waals surface area contributed by atoms with Gasteiger partial charge in [-0.1, -0.05) is 0 Å². The Morgan fingerprint density at radius 3 is 2.40 bits per heavy atom. The Bertz CT molecular complexity index is 536. The summed E-state index contributed by atoms with van der Waals surface area (Å²) in [6, 6.07) is 0. The molecular weight excluding hydrogens is 299 g/mol. The SMILES string of the molecule is COC(=O)c1csc(NC(=O)C(C)(O)C(F)(F)F)c1C. The van der Waals surface area contributed by atoms with Gasteiger partial charge in [0.1, 0.15) is 0 Å². The number of thiophene rings is 1. The van der Waals surface area contributed by atoms with E-state index in [-0.39, 0.29) is 16.1 Å². The average molecular weight is 311 g/mol. The third-order valence-electron chi connectivity index (χ3n) is 2.67. The van der Waals surface area contributed by atoms with Crippen molar-refractivity contribution >= 4 is 28.2 Å². The maximum Gasteiger partial charge on any atom is 0.426 e. The monoisotopic (exact) mass is 311 g/mol. The molecule has 1 atom stereocenters. The molecule has 0 spiro atoms. The summed E-state index contributed by atoms with van der Waals surface area (Å²) in [5, 5.41) is 12.6. The lowest BCUT2D eigenvalue weighted by Gasteiger charge is -2.24. The fourth-order valence-corrected chi connectivity index (χ4v) is 2.15. The first-order chi connectivity index (χ1) is 9.02. The number of carbonyl (C=O) groups is 2. The molecule has 0 aliphatic rings. The van der Waals surface area contributed by atoms with Crippen LogP contribution in [0.4, 0.5) is 18.2 Å². The molecule has 0 aromatic carbocycles. The molecule has 1 heterocycles. The van der Waals surface area contributed by atoms with Crippen LogP contribution in [-0.4, -0.2) is 35.9 Å². The number of esters is 1. The van der Waals surface area contributed by atoms with Gasteiger partial charge in [0, 0.05) is 5.38 Å². The number of hydrogen-bond acceptors (Lipinski definition) is 5. The minimum Gasteiger partial charge on any atom is -0.465 e. The molecule has 2 N–H and O–H groups in total. The van der Waals surface area contributed by atoms with Crippen molar-refractivity contribution in [2.45, 2.75) is 25.6 Å². The Morgan fingerprint density at radius 2 is 1.95 bits per heavy atom. The van der Waals surface area contributed by atoms with E-state index < -0.39 is 23.7 Å². The lowest BCUT2D eigenvalue weighted by molar-refractivity contribution is -0.242. The highest BCUT2D eigenvalue weighted by Crippen LogP contribution is 2.33. The molecule has 1 aromatic rings. The first-order valence-corrected chi connectivity index (χ1v) is 6.17. The normalized spacial score (nSPS) is 14.6. The number of alkyl halides is 3. The van der Waals surface area contributed by atoms with Crippen molar-refractivity contribution in [3.8, 4) is 0 Å². The summed E-state index contributed by atoms with van der Waals surface area (Å²) in [4.78, 5) is 22.8. The quantitative estimate of drug-likeness (QED) is 0.838. The van der Waals surface area contributed by atoms with Crippen LogP contribution in [0.1, 0.15) is 22.8 Å². The van der Waals surface area contributed by atoms with E-state index in [0.717, 1.165) is 18.4 Å². The molecule has 0 fully saturated rings. The average Bonchev–Trinajstić information content (AvgIpc) is 2.68. The molecule has 1 amide bonds. The highest BCUT2D eigenvalue weighted by molar-refractivity contribution is 7.14. The van der Waals surface area contributed by atoms with Crippen molar-refractivity contribution in [3.05, 3.63) is 16.5 Å². The molecule has 0 bridgehead atoms. The zero-order chi connectivity index (χ0) is 15.7. The zero-order valence-corrected chi connectivity index (χ0v) is 11.6. The number of rotatable bonds is 3. The second-order valence-electron chi connectivity index (χ2n) is 4.12. The molecule has 1 unspecified atom stereocenters. The number of carbonyl (C=O) groups excluding carboxylic acids is 2. The Morgan fingerprint density at radius 1 is 1.40 bits per heavy atom. The molecule has 1 rings (SSSR count). The summed E-state index contributed by atoms with van der Waals surface area (Å²) < 4.78 is 42.0. The minimum atomic E-state index is -5.10. The summed E-state index contributed by atoms with van der Waals surface area (Å²) in [7, 11) is 1.16. The van der Waals surface area contributed by atoms with Crippen LogP contribution >= 0.6 is 11.3 Å². The molecule has 0 aliphatic carbocycles. The molecule has 9 heteroatoms. The predicted molar refractivity (Wildman–Crippen MR) is 65.7 cm³/mol. The second-order valence-corrected chi connectivity index (χ2v) is 5.00. The van der Waals surface area contributed by atoms with E-state index in [9.17, 15) is 27.9 Å². The summed E-state index contributed by atoms with van der Waals surface area (Å²) in [6.45, 7) is 1.80. The van der Waals surface area contributed by atoms with Crippen molar-refractivity contribution in [3.63, 3.8) is 0 Å². The van der Waals surface area contributed by atoms with Crippen molar-refractivity contribution in [1.82, 2.24) is 0 Å². The smallest absolute Gasteiger partial charge is 0.426 e. The van der Waals surface area contributed by atoms with Crippen LogP contribution < -0.4 is 5.32 Å². The van der Waals surface area contributed by atoms with Crippen LogP contribution in [0, 0.1) is 6.92 Å². The largest absolute Gasteiger partial charge is 0.465 e. The molecule has 0 saturated heterocycles. The maximum absolute atomic E-state index is 12.5. The van der Waals surface area contributed by atoms with Crippen LogP contribution in [0.2, 0.25) is 0 Å². The fourth-order valence-electron chi connectivity index (χ4n) is 1.20. The van der Waals surface area contributed by atoms with E-state index in [2.05, 4.69) is 4.74 Å². The summed E-state index contributed by atoms with van der Waals surface area (Å²) in [5.74, 6) is -2.28. The van der Waals surface area contributed by atoms with Crippen LogP contribution in [0.5, 0.6) is 0 Å². The van der Waals surface area contributed by atoms with Gasteiger partial charge in [0.2, 0.25) is 5.60 Å². The number of hydrogen-bond donors (Lipinski definition) is 2. The van der Waals surface area contributed by atoms with Crippen LogP contribution in [0.25, 0.3) is 0 Å². The van der Waals surface area contributed by atoms with Gasteiger partial charge in [-0.3, -0.25) is 4.79 Å². The standard InChI is InChI=1S/C11H12F3NO4S/c1-5-6(8(16)19-3)4-20-7(5)15-9(17)10(2,18)11(12,13)14/h4,18H,1-3H3,(H,15,17). The van der Waals surface area contributed by atoms with E-state index in [1.165, 1.54) is 12.3 Å². The number of methoxy groups -OCH3 is 1.